The van der Waals surface area contributed by atoms with Crippen LogP contribution in [0.1, 0.15) is 31.7 Å². The van der Waals surface area contributed by atoms with Gasteiger partial charge in [-0.2, -0.15) is 5.10 Å². The Morgan fingerprint density at radius 1 is 1.27 bits per heavy atom. The first-order valence-corrected chi connectivity index (χ1v) is 11.3. The lowest BCUT2D eigenvalue weighted by molar-refractivity contribution is -0.132. The van der Waals surface area contributed by atoms with Crippen molar-refractivity contribution in [3.8, 4) is 17.2 Å². The van der Waals surface area contributed by atoms with Gasteiger partial charge < -0.3 is 24.8 Å². The maximum absolute atomic E-state index is 11.7. The van der Waals surface area contributed by atoms with Gasteiger partial charge in [-0.3, -0.25) is 10.2 Å². The standard InChI is InChI=1S/C23H25ClN4O4S/c1-14(29)28-9-7-23(8-10-28)13-19(17-12-16(30)4-6-20(17)32-23)26-27-22(33)25-15-3-5-21(31-2)18(24)11-15/h3-6,11-12,30H,7-10,13H2,1-2H3,(H2,25,27,33)/b26-19+. The molecule has 2 aliphatic rings. The molecule has 33 heavy (non-hydrogen) atoms. The number of amides is 1. The molecule has 1 fully saturated rings. The Kier molecular flexibility index (Phi) is 6.62. The minimum absolute atomic E-state index is 0.0663. The maximum Gasteiger partial charge on any atom is 0.219 e. The first-order valence-electron chi connectivity index (χ1n) is 10.5. The number of rotatable bonds is 3. The molecule has 4 rings (SSSR count). The number of thiocarbonyl (C=S) groups is 1. The van der Waals surface area contributed by atoms with Gasteiger partial charge in [-0.1, -0.05) is 11.6 Å². The fourth-order valence-corrected chi connectivity index (χ4v) is 4.55. The summed E-state index contributed by atoms with van der Waals surface area (Å²) in [7, 11) is 1.55. The fraction of sp³-hybridized carbons (Fsp3) is 0.348. The molecule has 2 aliphatic heterocycles. The van der Waals surface area contributed by atoms with E-state index in [-0.39, 0.29) is 16.8 Å². The number of likely N-dealkylation sites (tertiary alicyclic amines) is 1. The van der Waals surface area contributed by atoms with Gasteiger partial charge in [-0.15, -0.1) is 0 Å². The lowest BCUT2D eigenvalue weighted by atomic mass is 9.82. The number of fused-ring (bicyclic) bond motifs is 1. The Balaban J connectivity index is 1.52. The first-order chi connectivity index (χ1) is 15.8. The van der Waals surface area contributed by atoms with Crippen molar-refractivity contribution in [3.63, 3.8) is 0 Å². The predicted octanol–water partition coefficient (Wildman–Crippen LogP) is 3.91. The Hall–Kier alpha value is -3.04. The number of hydrogen-bond acceptors (Lipinski definition) is 6. The minimum atomic E-state index is -0.463. The molecule has 1 spiro atoms. The number of hydrogen-bond donors (Lipinski definition) is 3. The summed E-state index contributed by atoms with van der Waals surface area (Å²) < 4.78 is 11.5. The Morgan fingerprint density at radius 2 is 2.03 bits per heavy atom. The summed E-state index contributed by atoms with van der Waals surface area (Å²) in [6.07, 6.45) is 1.91. The fourth-order valence-electron chi connectivity index (χ4n) is 4.13. The van der Waals surface area contributed by atoms with Gasteiger partial charge in [-0.25, -0.2) is 0 Å². The molecule has 0 aliphatic carbocycles. The molecule has 3 N–H and O–H groups in total. The lowest BCUT2D eigenvalue weighted by Gasteiger charge is -2.44. The van der Waals surface area contributed by atoms with E-state index >= 15 is 0 Å². The molecule has 2 aromatic carbocycles. The molecule has 0 radical (unpaired) electrons. The molecular formula is C23H25ClN4O4S. The zero-order chi connectivity index (χ0) is 23.6. The topological polar surface area (TPSA) is 95.4 Å². The Bertz CT molecular complexity index is 1120. The number of benzene rings is 2. The molecule has 2 aromatic rings. The molecule has 10 heteroatoms. The quantitative estimate of drug-likeness (QED) is 0.445. The number of carbonyl (C=O) groups is 1. The van der Waals surface area contributed by atoms with Gasteiger partial charge >= 0.3 is 0 Å². The van der Waals surface area contributed by atoms with Crippen molar-refractivity contribution in [1.82, 2.24) is 10.3 Å². The van der Waals surface area contributed by atoms with Gasteiger partial charge in [0.25, 0.3) is 0 Å². The van der Waals surface area contributed by atoms with Crippen LogP contribution in [0, 0.1) is 0 Å². The molecule has 1 amide bonds. The van der Waals surface area contributed by atoms with Gasteiger partial charge in [0.1, 0.15) is 22.8 Å². The molecule has 1 saturated heterocycles. The van der Waals surface area contributed by atoms with Crippen LogP contribution in [0.15, 0.2) is 41.5 Å². The lowest BCUT2D eigenvalue weighted by Crippen LogP contribution is -2.52. The SMILES string of the molecule is COc1ccc(NC(=S)N/N=C2\CC3(CCN(C(C)=O)CC3)Oc3ccc(O)cc32)cc1Cl. The number of phenolic OH excluding ortho intramolecular Hbond substituents is 1. The number of aromatic hydroxyl groups is 1. The summed E-state index contributed by atoms with van der Waals surface area (Å²) in [6, 6.07) is 10.2. The number of anilines is 1. The van der Waals surface area contributed by atoms with Crippen LogP contribution in [-0.2, 0) is 4.79 Å². The summed E-state index contributed by atoms with van der Waals surface area (Å²) in [6.45, 7) is 2.84. The zero-order valence-corrected chi connectivity index (χ0v) is 19.9. The summed E-state index contributed by atoms with van der Waals surface area (Å²) in [5.74, 6) is 1.41. The molecule has 174 valence electrons. The van der Waals surface area contributed by atoms with Crippen molar-refractivity contribution in [3.05, 3.63) is 47.0 Å². The van der Waals surface area contributed by atoms with E-state index in [1.54, 1.807) is 50.4 Å². The van der Waals surface area contributed by atoms with Gasteiger partial charge in [-0.05, 0) is 48.6 Å². The number of nitrogens with one attached hydrogen (secondary N) is 2. The molecular weight excluding hydrogens is 464 g/mol. The maximum atomic E-state index is 11.7. The van der Waals surface area contributed by atoms with Crippen LogP contribution in [0.5, 0.6) is 17.2 Å². The van der Waals surface area contributed by atoms with E-state index in [4.69, 9.17) is 33.3 Å². The van der Waals surface area contributed by atoms with Gasteiger partial charge in [0, 0.05) is 50.5 Å². The van der Waals surface area contributed by atoms with Gasteiger partial charge in [0.05, 0.1) is 17.8 Å². The summed E-state index contributed by atoms with van der Waals surface area (Å²) in [5.41, 5.74) is 4.55. The third kappa shape index (κ3) is 5.15. The number of phenols is 1. The first kappa shape index (κ1) is 23.1. The molecule has 8 nitrogen and oxygen atoms in total. The van der Waals surface area contributed by atoms with E-state index in [2.05, 4.69) is 15.8 Å². The molecule has 0 unspecified atom stereocenters. The highest BCUT2D eigenvalue weighted by Gasteiger charge is 2.42. The number of hydrazone groups is 1. The van der Waals surface area contributed by atoms with Crippen molar-refractivity contribution in [2.45, 2.75) is 31.8 Å². The van der Waals surface area contributed by atoms with E-state index < -0.39 is 5.60 Å². The second kappa shape index (κ2) is 9.44. The van der Waals surface area contributed by atoms with Crippen LogP contribution in [0.25, 0.3) is 0 Å². The average molecular weight is 489 g/mol. The van der Waals surface area contributed by atoms with Crippen LogP contribution in [0.4, 0.5) is 5.69 Å². The van der Waals surface area contributed by atoms with Crippen molar-refractivity contribution < 1.29 is 19.4 Å². The Labute approximate surface area is 202 Å². The third-order valence-electron chi connectivity index (χ3n) is 5.91. The highest BCUT2D eigenvalue weighted by atomic mass is 35.5. The van der Waals surface area contributed by atoms with Crippen molar-refractivity contribution in [2.75, 3.05) is 25.5 Å². The van der Waals surface area contributed by atoms with Crippen LogP contribution >= 0.6 is 23.8 Å². The normalized spacial score (nSPS) is 17.8. The van der Waals surface area contributed by atoms with E-state index in [0.29, 0.717) is 60.1 Å². The highest BCUT2D eigenvalue weighted by Crippen LogP contribution is 2.40. The van der Waals surface area contributed by atoms with Gasteiger partial charge in [0.15, 0.2) is 5.11 Å². The predicted molar refractivity (Wildman–Crippen MR) is 131 cm³/mol. The number of piperidine rings is 1. The molecule has 0 aromatic heterocycles. The molecule has 0 saturated carbocycles. The van der Waals surface area contributed by atoms with Crippen LogP contribution in [-0.4, -0.2) is 52.5 Å². The third-order valence-corrected chi connectivity index (χ3v) is 6.40. The molecule has 0 bridgehead atoms. The number of methoxy groups -OCH3 is 1. The van der Waals surface area contributed by atoms with E-state index in [1.165, 1.54) is 0 Å². The summed E-state index contributed by atoms with van der Waals surface area (Å²) in [4.78, 5) is 13.6. The second-order valence-corrected chi connectivity index (χ2v) is 8.94. The van der Waals surface area contributed by atoms with Crippen molar-refractivity contribution in [2.24, 2.45) is 5.10 Å². The van der Waals surface area contributed by atoms with Gasteiger partial charge in [0.2, 0.25) is 5.91 Å². The smallest absolute Gasteiger partial charge is 0.219 e. The van der Waals surface area contributed by atoms with Crippen molar-refractivity contribution in [1.29, 1.82) is 0 Å². The molecule has 0 atom stereocenters. The monoisotopic (exact) mass is 488 g/mol. The molecule has 2 heterocycles. The van der Waals surface area contributed by atoms with Crippen LogP contribution in [0.2, 0.25) is 5.02 Å². The van der Waals surface area contributed by atoms with E-state index in [1.807, 2.05) is 4.90 Å². The van der Waals surface area contributed by atoms with E-state index in [9.17, 15) is 9.90 Å². The second-order valence-electron chi connectivity index (χ2n) is 8.12. The highest BCUT2D eigenvalue weighted by molar-refractivity contribution is 7.80. The number of carbonyl (C=O) groups excluding carboxylic acids is 1. The van der Waals surface area contributed by atoms with E-state index in [0.717, 1.165) is 5.71 Å². The number of nitrogens with zero attached hydrogens (tertiary/aromatic N) is 2. The largest absolute Gasteiger partial charge is 0.508 e. The summed E-state index contributed by atoms with van der Waals surface area (Å²) in [5, 5.41) is 18.4. The van der Waals surface area contributed by atoms with Crippen LogP contribution < -0.4 is 20.2 Å². The number of ether oxygens (including phenoxy) is 2. The zero-order valence-electron chi connectivity index (χ0n) is 18.4. The van der Waals surface area contributed by atoms with Crippen LogP contribution in [0.3, 0.4) is 0 Å². The van der Waals surface area contributed by atoms with Crippen molar-refractivity contribution >= 4 is 46.2 Å². The Morgan fingerprint density at radius 3 is 2.70 bits per heavy atom. The summed E-state index contributed by atoms with van der Waals surface area (Å²) >= 11 is 11.6. The minimum Gasteiger partial charge on any atom is -0.508 e. The number of halogens is 1. The average Bonchev–Trinajstić information content (AvgIpc) is 2.78.